The molecule has 0 N–H and O–H groups in total. The van der Waals surface area contributed by atoms with Gasteiger partial charge in [-0.2, -0.15) is 0 Å². The van der Waals surface area contributed by atoms with Crippen molar-refractivity contribution in [3.8, 4) is 11.8 Å². The number of esters is 2. The molecule has 0 amide bonds. The fraction of sp³-hybridized carbons (Fsp3) is 0.412. The van der Waals surface area contributed by atoms with Gasteiger partial charge in [0.05, 0.1) is 13.2 Å². The lowest BCUT2D eigenvalue weighted by molar-refractivity contribution is -0.137. The maximum absolute atomic E-state index is 11.4. The largest absolute Gasteiger partial charge is 0.463 e. The Balaban J connectivity index is 2.85. The lowest BCUT2D eigenvalue weighted by Gasteiger charge is -2.24. The molecule has 0 spiro atoms. The van der Waals surface area contributed by atoms with Gasteiger partial charge in [-0.05, 0) is 38.0 Å². The summed E-state index contributed by atoms with van der Waals surface area (Å²) >= 11 is 0. The quantitative estimate of drug-likeness (QED) is 0.337. The molecular weight excluding hydrogens is 282 g/mol. The molecule has 0 saturated carbocycles. The van der Waals surface area contributed by atoms with Crippen LogP contribution in [0.4, 0.5) is 0 Å². The van der Waals surface area contributed by atoms with Gasteiger partial charge in [-0.15, -0.1) is 0 Å². The SMILES string of the molecule is CCOC(=O)C#CC1C=C(CC)C=CN1/C=C/C(=O)OCC. The minimum absolute atomic E-state index is 0.292. The van der Waals surface area contributed by atoms with Crippen molar-refractivity contribution in [1.82, 2.24) is 4.90 Å². The molecule has 1 unspecified atom stereocenters. The minimum atomic E-state index is -0.558. The van der Waals surface area contributed by atoms with E-state index in [9.17, 15) is 9.59 Å². The van der Waals surface area contributed by atoms with E-state index in [0.29, 0.717) is 13.2 Å². The van der Waals surface area contributed by atoms with Crippen molar-refractivity contribution in [3.63, 3.8) is 0 Å². The highest BCUT2D eigenvalue weighted by Crippen LogP contribution is 2.16. The molecule has 0 saturated heterocycles. The Hall–Kier alpha value is -2.48. The van der Waals surface area contributed by atoms with Crippen LogP contribution in [0.2, 0.25) is 0 Å². The zero-order chi connectivity index (χ0) is 16.4. The van der Waals surface area contributed by atoms with Crippen molar-refractivity contribution < 1.29 is 19.1 Å². The summed E-state index contributed by atoms with van der Waals surface area (Å²) in [6, 6.07) is -0.324. The molecule has 1 rings (SSSR count). The molecule has 0 aromatic heterocycles. The average Bonchev–Trinajstić information content (AvgIpc) is 2.51. The van der Waals surface area contributed by atoms with Crippen LogP contribution in [-0.2, 0) is 19.1 Å². The van der Waals surface area contributed by atoms with E-state index >= 15 is 0 Å². The van der Waals surface area contributed by atoms with Crippen LogP contribution in [0.15, 0.2) is 36.2 Å². The smallest absolute Gasteiger partial charge is 0.384 e. The number of allylic oxidation sites excluding steroid dienone is 2. The van der Waals surface area contributed by atoms with Gasteiger partial charge in [-0.25, -0.2) is 9.59 Å². The molecule has 1 heterocycles. The molecule has 118 valence electrons. The van der Waals surface area contributed by atoms with Crippen LogP contribution < -0.4 is 0 Å². The zero-order valence-corrected chi connectivity index (χ0v) is 13.2. The molecule has 0 aromatic rings. The number of hydrogen-bond acceptors (Lipinski definition) is 5. The molecule has 0 bridgehead atoms. The summed E-state index contributed by atoms with van der Waals surface area (Å²) < 4.78 is 9.63. The summed E-state index contributed by atoms with van der Waals surface area (Å²) in [4.78, 5) is 24.5. The molecule has 0 fully saturated rings. The highest BCUT2D eigenvalue weighted by atomic mass is 16.5. The van der Waals surface area contributed by atoms with Crippen LogP contribution in [0.3, 0.4) is 0 Å². The first-order chi connectivity index (χ1) is 10.6. The van der Waals surface area contributed by atoms with E-state index in [0.717, 1.165) is 12.0 Å². The summed E-state index contributed by atoms with van der Waals surface area (Å²) in [7, 11) is 0. The van der Waals surface area contributed by atoms with Crippen LogP contribution in [0.5, 0.6) is 0 Å². The van der Waals surface area contributed by atoms with E-state index in [-0.39, 0.29) is 6.04 Å². The van der Waals surface area contributed by atoms with Gasteiger partial charge in [-0.1, -0.05) is 12.8 Å². The number of nitrogens with zero attached hydrogens (tertiary/aromatic N) is 1. The van der Waals surface area contributed by atoms with Gasteiger partial charge >= 0.3 is 11.9 Å². The van der Waals surface area contributed by atoms with E-state index in [1.165, 1.54) is 6.08 Å². The van der Waals surface area contributed by atoms with Crippen LogP contribution >= 0.6 is 0 Å². The second-order valence-corrected chi connectivity index (χ2v) is 4.36. The van der Waals surface area contributed by atoms with Crippen molar-refractivity contribution in [1.29, 1.82) is 0 Å². The number of rotatable bonds is 5. The van der Waals surface area contributed by atoms with Crippen LogP contribution in [0, 0.1) is 11.8 Å². The summed E-state index contributed by atoms with van der Waals surface area (Å²) in [6.07, 6.45) is 9.49. The first-order valence-corrected chi connectivity index (χ1v) is 7.30. The number of carbonyl (C=O) groups excluding carboxylic acids is 2. The fourth-order valence-corrected chi connectivity index (χ4v) is 1.75. The predicted octanol–water partition coefficient (Wildman–Crippen LogP) is 2.16. The normalized spacial score (nSPS) is 16.8. The molecule has 5 nitrogen and oxygen atoms in total. The second kappa shape index (κ2) is 9.46. The Morgan fingerprint density at radius 1 is 1.27 bits per heavy atom. The summed E-state index contributed by atoms with van der Waals surface area (Å²) in [5.74, 6) is 4.33. The van der Waals surface area contributed by atoms with Crippen LogP contribution in [0.1, 0.15) is 27.2 Å². The number of ether oxygens (including phenoxy) is 2. The minimum Gasteiger partial charge on any atom is -0.463 e. The summed E-state index contributed by atoms with van der Waals surface area (Å²) in [5, 5.41) is 0. The third-order valence-corrected chi connectivity index (χ3v) is 2.83. The maximum atomic E-state index is 11.4. The lowest BCUT2D eigenvalue weighted by Crippen LogP contribution is -2.26. The molecule has 22 heavy (non-hydrogen) atoms. The third kappa shape index (κ3) is 5.88. The maximum Gasteiger partial charge on any atom is 0.384 e. The predicted molar refractivity (Wildman–Crippen MR) is 83.3 cm³/mol. The van der Waals surface area contributed by atoms with E-state index in [4.69, 9.17) is 9.47 Å². The van der Waals surface area contributed by atoms with Gasteiger partial charge in [0.15, 0.2) is 0 Å². The summed E-state index contributed by atoms with van der Waals surface area (Å²) in [5.41, 5.74) is 1.11. The van der Waals surface area contributed by atoms with Gasteiger partial charge < -0.3 is 14.4 Å². The van der Waals surface area contributed by atoms with Gasteiger partial charge in [0.1, 0.15) is 6.04 Å². The lowest BCUT2D eigenvalue weighted by atomic mass is 10.1. The van der Waals surface area contributed by atoms with E-state index < -0.39 is 11.9 Å². The molecule has 0 aromatic carbocycles. The van der Waals surface area contributed by atoms with Crippen LogP contribution in [-0.4, -0.2) is 36.1 Å². The van der Waals surface area contributed by atoms with Crippen molar-refractivity contribution in [2.75, 3.05) is 13.2 Å². The molecule has 1 aliphatic rings. The van der Waals surface area contributed by atoms with Gasteiger partial charge in [-0.3, -0.25) is 0 Å². The number of carbonyl (C=O) groups is 2. The van der Waals surface area contributed by atoms with Gasteiger partial charge in [0.2, 0.25) is 0 Å². The Bertz CT molecular complexity index is 549. The first-order valence-electron chi connectivity index (χ1n) is 7.30. The average molecular weight is 303 g/mol. The molecule has 1 aliphatic heterocycles. The Labute approximate surface area is 131 Å². The molecule has 5 heteroatoms. The number of hydrogen-bond donors (Lipinski definition) is 0. The zero-order valence-electron chi connectivity index (χ0n) is 13.2. The highest BCUT2D eigenvalue weighted by Gasteiger charge is 2.13. The topological polar surface area (TPSA) is 55.8 Å². The van der Waals surface area contributed by atoms with Crippen molar-refractivity contribution >= 4 is 11.9 Å². The molecule has 1 atom stereocenters. The Kier molecular flexibility index (Phi) is 7.55. The van der Waals surface area contributed by atoms with Crippen molar-refractivity contribution in [3.05, 3.63) is 36.2 Å². The van der Waals surface area contributed by atoms with Crippen molar-refractivity contribution in [2.24, 2.45) is 0 Å². The molecular formula is C17H21NO4. The van der Waals surface area contributed by atoms with E-state index in [2.05, 4.69) is 11.8 Å². The first kappa shape index (κ1) is 17.6. The Morgan fingerprint density at radius 2 is 2.00 bits per heavy atom. The van der Waals surface area contributed by atoms with Gasteiger partial charge in [0, 0.05) is 24.4 Å². The highest BCUT2D eigenvalue weighted by molar-refractivity contribution is 5.88. The summed E-state index contributed by atoms with van der Waals surface area (Å²) in [6.45, 7) is 6.13. The monoisotopic (exact) mass is 303 g/mol. The molecule has 0 radical (unpaired) electrons. The second-order valence-electron chi connectivity index (χ2n) is 4.36. The third-order valence-electron chi connectivity index (χ3n) is 2.83. The van der Waals surface area contributed by atoms with E-state index in [1.807, 2.05) is 25.3 Å². The fourth-order valence-electron chi connectivity index (χ4n) is 1.75. The van der Waals surface area contributed by atoms with E-state index in [1.54, 1.807) is 24.9 Å². The van der Waals surface area contributed by atoms with Crippen molar-refractivity contribution in [2.45, 2.75) is 33.2 Å². The Morgan fingerprint density at radius 3 is 2.64 bits per heavy atom. The van der Waals surface area contributed by atoms with Gasteiger partial charge in [0.25, 0.3) is 0 Å². The van der Waals surface area contributed by atoms with Crippen LogP contribution in [0.25, 0.3) is 0 Å². The molecule has 0 aliphatic carbocycles. The standard InChI is InChI=1S/C17H21NO4/c1-4-14-9-11-18(12-10-17(20)22-6-3)15(13-14)7-8-16(19)21-5-2/h9-13,15H,4-6H2,1-3H3/b12-10+.